The summed E-state index contributed by atoms with van der Waals surface area (Å²) >= 11 is 0.799. The Balaban J connectivity index is 1.51. The van der Waals surface area contributed by atoms with E-state index < -0.39 is 21.9 Å². The van der Waals surface area contributed by atoms with E-state index in [9.17, 15) is 24.1 Å². The number of rotatable bonds is 5. The number of carbonyl (C=O) groups excluding carboxylic acids is 2. The fraction of sp³-hybridized carbons (Fsp3) is 0.0476. The molecule has 7 nitrogen and oxygen atoms in total. The number of benzene rings is 2. The van der Waals surface area contributed by atoms with Crippen molar-refractivity contribution in [1.29, 1.82) is 0 Å². The second kappa shape index (κ2) is 7.96. The van der Waals surface area contributed by atoms with Gasteiger partial charge in [0.1, 0.15) is 17.3 Å². The lowest BCUT2D eigenvalue weighted by atomic mass is 10.1. The topological polar surface area (TPSA) is 93.7 Å². The summed E-state index contributed by atoms with van der Waals surface area (Å²) in [5.41, 5.74) is 1.25. The van der Waals surface area contributed by atoms with Crippen molar-refractivity contribution >= 4 is 34.7 Å². The van der Waals surface area contributed by atoms with Crippen LogP contribution >= 0.6 is 11.8 Å². The molecule has 1 fully saturated rings. The Morgan fingerprint density at radius 1 is 1.03 bits per heavy atom. The second-order valence-electron chi connectivity index (χ2n) is 6.40. The van der Waals surface area contributed by atoms with Crippen molar-refractivity contribution in [3.8, 4) is 11.3 Å². The van der Waals surface area contributed by atoms with Gasteiger partial charge < -0.3 is 4.42 Å². The van der Waals surface area contributed by atoms with Crippen LogP contribution in [0.2, 0.25) is 0 Å². The van der Waals surface area contributed by atoms with Crippen LogP contribution in [0.1, 0.15) is 11.3 Å². The van der Waals surface area contributed by atoms with E-state index in [4.69, 9.17) is 4.42 Å². The lowest BCUT2D eigenvalue weighted by Crippen LogP contribution is -2.27. The van der Waals surface area contributed by atoms with Crippen LogP contribution in [0.15, 0.2) is 70.0 Å². The highest BCUT2D eigenvalue weighted by molar-refractivity contribution is 8.18. The number of furan rings is 1. The van der Waals surface area contributed by atoms with Gasteiger partial charge in [-0.15, -0.1) is 0 Å². The maximum atomic E-state index is 13.0. The van der Waals surface area contributed by atoms with E-state index in [1.807, 2.05) is 0 Å². The Bertz CT molecular complexity index is 1170. The SMILES string of the molecule is O=C1S/C(=C\c2ccc(-c3ccc([N+](=O)[O-])cc3)o2)C(=O)N1Cc1ccc(F)cc1. The van der Waals surface area contributed by atoms with Crippen LogP contribution in [0.3, 0.4) is 0 Å². The number of carbonyl (C=O) groups is 2. The summed E-state index contributed by atoms with van der Waals surface area (Å²) in [4.78, 5) is 36.4. The maximum Gasteiger partial charge on any atom is 0.293 e. The van der Waals surface area contributed by atoms with E-state index in [0.29, 0.717) is 22.6 Å². The Morgan fingerprint density at radius 3 is 2.40 bits per heavy atom. The highest BCUT2D eigenvalue weighted by Crippen LogP contribution is 2.34. The Hall–Kier alpha value is -3.72. The molecule has 0 spiro atoms. The maximum absolute atomic E-state index is 13.0. The van der Waals surface area contributed by atoms with Gasteiger partial charge in [-0.25, -0.2) is 4.39 Å². The van der Waals surface area contributed by atoms with Gasteiger partial charge in [-0.1, -0.05) is 12.1 Å². The minimum absolute atomic E-state index is 0.0274. The normalized spacial score (nSPS) is 15.2. The number of nitro benzene ring substituents is 1. The average molecular weight is 424 g/mol. The van der Waals surface area contributed by atoms with Crippen LogP contribution in [0.5, 0.6) is 0 Å². The van der Waals surface area contributed by atoms with Crippen molar-refractivity contribution in [2.75, 3.05) is 0 Å². The zero-order chi connectivity index (χ0) is 21.3. The predicted octanol–water partition coefficient (Wildman–Crippen LogP) is 5.23. The third-order valence-corrected chi connectivity index (χ3v) is 5.30. The predicted molar refractivity (Wildman–Crippen MR) is 109 cm³/mol. The number of non-ortho nitro benzene ring substituents is 1. The van der Waals surface area contributed by atoms with Crippen LogP contribution in [-0.2, 0) is 11.3 Å². The number of hydrogen-bond acceptors (Lipinski definition) is 6. The molecule has 0 saturated carbocycles. The van der Waals surface area contributed by atoms with Gasteiger partial charge in [0.15, 0.2) is 0 Å². The third kappa shape index (κ3) is 4.01. The van der Waals surface area contributed by atoms with Crippen molar-refractivity contribution < 1.29 is 23.3 Å². The van der Waals surface area contributed by atoms with E-state index in [1.54, 1.807) is 24.3 Å². The van der Waals surface area contributed by atoms with Gasteiger partial charge in [0.2, 0.25) is 0 Å². The van der Waals surface area contributed by atoms with Crippen LogP contribution in [-0.4, -0.2) is 21.0 Å². The molecule has 0 bridgehead atoms. The minimum atomic E-state index is -0.487. The molecule has 9 heteroatoms. The first kappa shape index (κ1) is 19.6. The molecular weight excluding hydrogens is 411 g/mol. The molecule has 0 radical (unpaired) electrons. The highest BCUT2D eigenvalue weighted by Gasteiger charge is 2.35. The van der Waals surface area contributed by atoms with Crippen molar-refractivity contribution in [3.63, 3.8) is 0 Å². The van der Waals surface area contributed by atoms with Crippen LogP contribution in [0.4, 0.5) is 14.9 Å². The molecule has 0 N–H and O–H groups in total. The smallest absolute Gasteiger partial charge is 0.293 e. The molecule has 1 aromatic heterocycles. The summed E-state index contributed by atoms with van der Waals surface area (Å²) < 4.78 is 18.7. The molecule has 0 unspecified atom stereocenters. The summed E-state index contributed by atoms with van der Waals surface area (Å²) in [6.45, 7) is 0.0501. The molecule has 0 aliphatic carbocycles. The van der Waals surface area contributed by atoms with Gasteiger partial charge >= 0.3 is 0 Å². The fourth-order valence-electron chi connectivity index (χ4n) is 2.87. The molecule has 0 atom stereocenters. The minimum Gasteiger partial charge on any atom is -0.457 e. The van der Waals surface area contributed by atoms with Crippen molar-refractivity contribution in [2.24, 2.45) is 0 Å². The van der Waals surface area contributed by atoms with Gasteiger partial charge in [-0.3, -0.25) is 24.6 Å². The lowest BCUT2D eigenvalue weighted by molar-refractivity contribution is -0.384. The van der Waals surface area contributed by atoms with Crippen molar-refractivity contribution in [3.05, 3.63) is 92.8 Å². The summed E-state index contributed by atoms with van der Waals surface area (Å²) in [6, 6.07) is 14.8. The van der Waals surface area contributed by atoms with Crippen molar-refractivity contribution in [2.45, 2.75) is 6.54 Å². The molecule has 1 saturated heterocycles. The second-order valence-corrected chi connectivity index (χ2v) is 7.39. The quantitative estimate of drug-likeness (QED) is 0.316. The Labute approximate surface area is 173 Å². The first-order valence-electron chi connectivity index (χ1n) is 8.75. The molecule has 2 heterocycles. The molecule has 4 rings (SSSR count). The first-order chi connectivity index (χ1) is 14.4. The average Bonchev–Trinajstić information content (AvgIpc) is 3.30. The number of hydrogen-bond donors (Lipinski definition) is 0. The number of nitro groups is 1. The van der Waals surface area contributed by atoms with E-state index in [-0.39, 0.29) is 17.1 Å². The number of halogens is 1. The fourth-order valence-corrected chi connectivity index (χ4v) is 3.69. The van der Waals surface area contributed by atoms with Crippen molar-refractivity contribution in [1.82, 2.24) is 4.90 Å². The number of amides is 2. The number of nitrogens with zero attached hydrogens (tertiary/aromatic N) is 2. The Kier molecular flexibility index (Phi) is 5.20. The molecule has 1 aliphatic heterocycles. The molecule has 2 aromatic carbocycles. The van der Waals surface area contributed by atoms with E-state index in [2.05, 4.69) is 0 Å². The molecular formula is C21H13FN2O5S. The van der Waals surface area contributed by atoms with Gasteiger partial charge in [0.05, 0.1) is 16.4 Å². The zero-order valence-corrected chi connectivity index (χ0v) is 16.1. The van der Waals surface area contributed by atoms with Crippen LogP contribution < -0.4 is 0 Å². The third-order valence-electron chi connectivity index (χ3n) is 4.39. The highest BCUT2D eigenvalue weighted by atomic mass is 32.2. The summed E-state index contributed by atoms with van der Waals surface area (Å²) in [7, 11) is 0. The molecule has 1 aliphatic rings. The molecule has 150 valence electrons. The summed E-state index contributed by atoms with van der Waals surface area (Å²) in [5.74, 6) is -0.00522. The standard InChI is InChI=1S/C21H13FN2O5S/c22-15-5-1-13(2-6-15)12-23-20(25)19(30-21(23)26)11-17-9-10-18(29-17)14-3-7-16(8-4-14)24(27)28/h1-11H,12H2/b19-11-. The lowest BCUT2D eigenvalue weighted by Gasteiger charge is -2.12. The number of thioether (sulfide) groups is 1. The van der Waals surface area contributed by atoms with E-state index >= 15 is 0 Å². The van der Waals surface area contributed by atoms with Gasteiger partial charge in [0, 0.05) is 23.8 Å². The molecule has 2 amide bonds. The monoisotopic (exact) mass is 424 g/mol. The molecule has 30 heavy (non-hydrogen) atoms. The summed E-state index contributed by atoms with van der Waals surface area (Å²) in [5, 5.41) is 10.3. The van der Waals surface area contributed by atoms with Gasteiger partial charge in [-0.2, -0.15) is 0 Å². The van der Waals surface area contributed by atoms with Crippen LogP contribution in [0.25, 0.3) is 17.4 Å². The number of imide groups is 1. The van der Waals surface area contributed by atoms with Gasteiger partial charge in [-0.05, 0) is 53.7 Å². The first-order valence-corrected chi connectivity index (χ1v) is 9.57. The van der Waals surface area contributed by atoms with E-state index in [1.165, 1.54) is 42.5 Å². The Morgan fingerprint density at radius 2 is 1.73 bits per heavy atom. The van der Waals surface area contributed by atoms with E-state index in [0.717, 1.165) is 16.7 Å². The largest absolute Gasteiger partial charge is 0.457 e. The molecule has 3 aromatic rings. The van der Waals surface area contributed by atoms with Crippen LogP contribution in [0, 0.1) is 15.9 Å². The zero-order valence-electron chi connectivity index (χ0n) is 15.3. The van der Waals surface area contributed by atoms with Gasteiger partial charge in [0.25, 0.3) is 16.8 Å². The summed E-state index contributed by atoms with van der Waals surface area (Å²) in [6.07, 6.45) is 1.48.